The van der Waals surface area contributed by atoms with Crippen LogP contribution < -0.4 is 10.6 Å². The summed E-state index contributed by atoms with van der Waals surface area (Å²) in [5.41, 5.74) is 1.85. The molecule has 1 unspecified atom stereocenters. The number of ether oxygens (including phenoxy) is 2. The minimum absolute atomic E-state index is 0.0174. The van der Waals surface area contributed by atoms with Gasteiger partial charge in [0.25, 0.3) is 0 Å². The molecule has 4 N–H and O–H groups in total. The average Bonchev–Trinajstić information content (AvgIpc) is 4.23. The van der Waals surface area contributed by atoms with Crippen molar-refractivity contribution in [2.75, 3.05) is 27.3 Å². The molecule has 6 aromatic rings. The number of carbonyl (C=O) groups is 4. The van der Waals surface area contributed by atoms with Crippen LogP contribution >= 0.6 is 0 Å². The molecule has 4 heterocycles. The standard InChI is InChI=1S/C56H60F4N8O6/c1-53(2,3)45(65-51(71)73-7)49(69)67-25-9-11-43(67)47-61-29-41(63-47)33-17-13-31(14-18-33)35-21-23-37-38-24-22-36(28-40(38)56(59,60)55(57,58)39(37)27-35)32-15-19-34(20-16-32)42-30-62-48(64-42)44-12-10-26-68(44)50(70)46(54(4,5)6)66-52(72)74-8/h13-24,27-30,43-46H,9-12,25-26H2,1-8H3,(H,61,63)(H,62,64)(H,65,71)(H,66,72)/t43-,44?,45+,46+/m0/s1. The number of H-pyrrole nitrogens is 2. The predicted octanol–water partition coefficient (Wildman–Crippen LogP) is 11.5. The second kappa shape index (κ2) is 19.4. The third-order valence-corrected chi connectivity index (χ3v) is 14.5. The smallest absolute Gasteiger partial charge is 0.407 e. The monoisotopic (exact) mass is 1020 g/mol. The minimum atomic E-state index is -4.54. The van der Waals surface area contributed by atoms with Crippen LogP contribution in [0.1, 0.15) is 102 Å². The lowest BCUT2D eigenvalue weighted by molar-refractivity contribution is -0.225. The van der Waals surface area contributed by atoms with E-state index in [0.717, 1.165) is 36.1 Å². The highest BCUT2D eigenvalue weighted by atomic mass is 19.3. The number of nitrogens with one attached hydrogen (secondary N) is 4. The van der Waals surface area contributed by atoms with Crippen LogP contribution in [0, 0.1) is 10.8 Å². The summed E-state index contributed by atoms with van der Waals surface area (Å²) in [6.45, 7) is 12.2. The van der Waals surface area contributed by atoms with E-state index in [-0.39, 0.29) is 35.0 Å². The molecule has 2 fully saturated rings. The molecule has 0 bridgehead atoms. The van der Waals surface area contributed by atoms with Crippen LogP contribution in [0.15, 0.2) is 97.3 Å². The number of fused-ring (bicyclic) bond motifs is 3. The van der Waals surface area contributed by atoms with Crippen molar-refractivity contribution >= 4 is 24.0 Å². The van der Waals surface area contributed by atoms with Crippen LogP contribution in [0.4, 0.5) is 27.2 Å². The quantitative estimate of drug-likeness (QED) is 0.0981. The highest BCUT2D eigenvalue weighted by Crippen LogP contribution is 2.59. The number of aromatic amines is 2. The first-order valence-electron chi connectivity index (χ1n) is 24.7. The number of likely N-dealkylation sites (tertiary alicyclic amines) is 2. The third-order valence-electron chi connectivity index (χ3n) is 14.5. The van der Waals surface area contributed by atoms with E-state index in [1.165, 1.54) is 26.4 Å². The van der Waals surface area contributed by atoms with Crippen LogP contribution in [0.5, 0.6) is 0 Å². The molecule has 74 heavy (non-hydrogen) atoms. The summed E-state index contributed by atoms with van der Waals surface area (Å²) in [5, 5.41) is 5.37. The number of hydrogen-bond acceptors (Lipinski definition) is 8. The zero-order valence-corrected chi connectivity index (χ0v) is 42.5. The molecular weight excluding hydrogens is 957 g/mol. The number of aromatic nitrogens is 4. The van der Waals surface area contributed by atoms with Crippen molar-refractivity contribution in [2.45, 2.75) is 103 Å². The maximum absolute atomic E-state index is 16.3. The number of halogens is 4. The van der Waals surface area contributed by atoms with E-state index in [1.54, 1.807) is 82.9 Å². The van der Waals surface area contributed by atoms with Gasteiger partial charge in [-0.25, -0.2) is 19.6 Å². The Hall–Kier alpha value is -7.50. The van der Waals surface area contributed by atoms with Crippen molar-refractivity contribution in [3.8, 4) is 55.9 Å². The fraction of sp³-hybridized carbons (Fsp3) is 0.393. The molecule has 4 atom stereocenters. The van der Waals surface area contributed by atoms with Gasteiger partial charge in [-0.05, 0) is 93.2 Å². The first-order valence-corrected chi connectivity index (χ1v) is 24.7. The molecule has 3 aliphatic rings. The largest absolute Gasteiger partial charge is 0.453 e. The van der Waals surface area contributed by atoms with Gasteiger partial charge in [-0.3, -0.25) is 9.59 Å². The van der Waals surface area contributed by atoms with E-state index in [4.69, 9.17) is 9.47 Å². The van der Waals surface area contributed by atoms with Gasteiger partial charge in [-0.2, -0.15) is 17.6 Å². The van der Waals surface area contributed by atoms with E-state index in [2.05, 4.69) is 30.6 Å². The number of hydrogen-bond donors (Lipinski definition) is 4. The molecular formula is C56H60F4N8O6. The first-order chi connectivity index (χ1) is 35.0. The molecule has 9 rings (SSSR count). The Morgan fingerprint density at radius 3 is 1.24 bits per heavy atom. The van der Waals surface area contributed by atoms with Crippen LogP contribution in [0.2, 0.25) is 0 Å². The number of alkyl carbamates (subject to hydrolysis) is 2. The van der Waals surface area contributed by atoms with Gasteiger partial charge in [0, 0.05) is 24.2 Å². The van der Waals surface area contributed by atoms with Gasteiger partial charge in [0.2, 0.25) is 11.8 Å². The van der Waals surface area contributed by atoms with Gasteiger partial charge in [0.1, 0.15) is 23.7 Å². The minimum Gasteiger partial charge on any atom is -0.453 e. The number of benzene rings is 4. The highest BCUT2D eigenvalue weighted by molar-refractivity contribution is 5.88. The Bertz CT molecular complexity index is 2900. The van der Waals surface area contributed by atoms with E-state index in [1.807, 2.05) is 41.5 Å². The van der Waals surface area contributed by atoms with Crippen LogP contribution in [-0.2, 0) is 30.9 Å². The number of amides is 4. The molecule has 18 heteroatoms. The van der Waals surface area contributed by atoms with Crippen LogP contribution in [-0.4, -0.2) is 93.1 Å². The van der Waals surface area contributed by atoms with E-state index >= 15 is 17.6 Å². The Kier molecular flexibility index (Phi) is 13.5. The summed E-state index contributed by atoms with van der Waals surface area (Å²) >= 11 is 0. The van der Waals surface area contributed by atoms with Crippen molar-refractivity contribution in [3.63, 3.8) is 0 Å². The second-order valence-electron chi connectivity index (χ2n) is 21.4. The fourth-order valence-electron chi connectivity index (χ4n) is 10.4. The summed E-state index contributed by atoms with van der Waals surface area (Å²) in [6.07, 6.45) is 4.74. The number of rotatable bonds is 10. The molecule has 4 amide bonds. The number of methoxy groups -OCH3 is 2. The van der Waals surface area contributed by atoms with Crippen LogP contribution in [0.25, 0.3) is 55.9 Å². The summed E-state index contributed by atoms with van der Waals surface area (Å²) in [7, 11) is 2.49. The molecule has 388 valence electrons. The van der Waals surface area contributed by atoms with Crippen molar-refractivity contribution in [2.24, 2.45) is 10.8 Å². The Labute approximate surface area is 426 Å². The molecule has 0 radical (unpaired) electrons. The zero-order valence-electron chi connectivity index (χ0n) is 42.5. The molecule has 2 aliphatic heterocycles. The molecule has 1 aliphatic carbocycles. The molecule has 4 aromatic carbocycles. The van der Waals surface area contributed by atoms with E-state index in [9.17, 15) is 19.2 Å². The Morgan fingerprint density at radius 2 is 0.905 bits per heavy atom. The first kappa shape index (κ1) is 51.4. The summed E-state index contributed by atoms with van der Waals surface area (Å²) in [6, 6.07) is 20.2. The normalized spacial score (nSPS) is 18.8. The van der Waals surface area contributed by atoms with Crippen molar-refractivity contribution in [1.29, 1.82) is 0 Å². The maximum Gasteiger partial charge on any atom is 0.407 e. The number of nitrogens with zero attached hydrogens (tertiary/aromatic N) is 4. The van der Waals surface area contributed by atoms with E-state index in [0.29, 0.717) is 71.2 Å². The van der Waals surface area contributed by atoms with Gasteiger partial charge in [-0.15, -0.1) is 0 Å². The zero-order chi connectivity index (χ0) is 53.1. The highest BCUT2D eigenvalue weighted by Gasteiger charge is 2.63. The molecule has 2 saturated heterocycles. The van der Waals surface area contributed by atoms with Gasteiger partial charge in [0.15, 0.2) is 0 Å². The average molecular weight is 1020 g/mol. The van der Waals surface area contributed by atoms with Gasteiger partial charge in [0.05, 0.1) is 50.1 Å². The lowest BCUT2D eigenvalue weighted by Crippen LogP contribution is -2.54. The molecule has 14 nitrogen and oxygen atoms in total. The second-order valence-corrected chi connectivity index (χ2v) is 21.4. The summed E-state index contributed by atoms with van der Waals surface area (Å²) in [5.74, 6) is -8.41. The van der Waals surface area contributed by atoms with Crippen molar-refractivity contribution in [3.05, 3.63) is 120 Å². The fourth-order valence-corrected chi connectivity index (χ4v) is 10.4. The SMILES string of the molecule is COC(=O)N[C@H](C(=O)N1CCCC1c1ncc(-c2ccc(-c3ccc4c(c3)C(F)(F)C(F)(F)c3cc(-c5ccc(-c6cnc([C@@H]7CCCN7C(=O)[C@@H](NC(=O)OC)C(C)(C)C)[nH]6)cc5)ccc3-4)cc2)[nH]1)C(C)(C)C. The van der Waals surface area contributed by atoms with Gasteiger partial charge < -0.3 is 39.9 Å². The topological polar surface area (TPSA) is 175 Å². The Balaban J connectivity index is 0.907. The van der Waals surface area contributed by atoms with Crippen LogP contribution in [0.3, 0.4) is 0 Å². The van der Waals surface area contributed by atoms with Crippen molar-refractivity contribution in [1.82, 2.24) is 40.4 Å². The number of alkyl halides is 4. The lowest BCUT2D eigenvalue weighted by Gasteiger charge is -2.35. The predicted molar refractivity (Wildman–Crippen MR) is 271 cm³/mol. The number of carbonyl (C=O) groups excluding carboxylic acids is 4. The summed E-state index contributed by atoms with van der Waals surface area (Å²) in [4.78, 5) is 71.3. The van der Waals surface area contributed by atoms with E-state index < -0.39 is 58.1 Å². The Morgan fingerprint density at radius 1 is 0.568 bits per heavy atom. The number of imidazole rings is 2. The van der Waals surface area contributed by atoms with Gasteiger partial charge in [-0.1, -0.05) is 114 Å². The lowest BCUT2D eigenvalue weighted by atomic mass is 9.78. The summed E-state index contributed by atoms with van der Waals surface area (Å²) < 4.78 is 74.6. The van der Waals surface area contributed by atoms with Gasteiger partial charge >= 0.3 is 24.0 Å². The molecule has 0 spiro atoms. The van der Waals surface area contributed by atoms with Crippen molar-refractivity contribution < 1.29 is 46.2 Å². The molecule has 2 aromatic heterocycles. The maximum atomic E-state index is 16.3. The molecule has 0 saturated carbocycles. The third kappa shape index (κ3) is 9.50.